The van der Waals surface area contributed by atoms with Crippen molar-refractivity contribution in [2.75, 3.05) is 12.4 Å². The lowest BCUT2D eigenvalue weighted by molar-refractivity contribution is 0.0690. The van der Waals surface area contributed by atoms with E-state index < -0.39 is 11.8 Å². The molecule has 0 amide bonds. The van der Waals surface area contributed by atoms with Gasteiger partial charge in [0.15, 0.2) is 0 Å². The second kappa shape index (κ2) is 5.34. The molecular weight excluding hydrogens is 251 g/mol. The van der Waals surface area contributed by atoms with E-state index in [2.05, 4.69) is 10.3 Å². The lowest BCUT2D eigenvalue weighted by Crippen LogP contribution is -2.01. The topological polar surface area (TPSA) is 71.5 Å². The van der Waals surface area contributed by atoms with E-state index in [-0.39, 0.29) is 5.69 Å². The Labute approximate surface area is 108 Å². The van der Waals surface area contributed by atoms with Gasteiger partial charge in [0.25, 0.3) is 0 Å². The predicted molar refractivity (Wildman–Crippen MR) is 67.4 cm³/mol. The van der Waals surface area contributed by atoms with Crippen LogP contribution < -0.4 is 10.1 Å². The number of halogens is 1. The van der Waals surface area contributed by atoms with Crippen molar-refractivity contribution in [1.29, 1.82) is 0 Å². The average Bonchev–Trinajstić information content (AvgIpc) is 2.41. The Morgan fingerprint density at radius 1 is 1.37 bits per heavy atom. The van der Waals surface area contributed by atoms with Crippen molar-refractivity contribution >= 4 is 17.3 Å². The molecule has 0 atom stereocenters. The summed E-state index contributed by atoms with van der Waals surface area (Å²) in [7, 11) is 1.43. The summed E-state index contributed by atoms with van der Waals surface area (Å²) in [6, 6.07) is 7.02. The molecule has 1 aromatic carbocycles. The number of rotatable bonds is 4. The van der Waals surface area contributed by atoms with Crippen LogP contribution in [0.5, 0.6) is 5.75 Å². The van der Waals surface area contributed by atoms with E-state index in [0.29, 0.717) is 17.1 Å². The number of anilines is 2. The Morgan fingerprint density at radius 2 is 2.16 bits per heavy atom. The number of hydrogen-bond acceptors (Lipinski definition) is 4. The highest BCUT2D eigenvalue weighted by molar-refractivity contribution is 5.86. The van der Waals surface area contributed by atoms with Crippen LogP contribution in [0.3, 0.4) is 0 Å². The highest BCUT2D eigenvalue weighted by Crippen LogP contribution is 2.28. The zero-order chi connectivity index (χ0) is 13.8. The predicted octanol–water partition coefficient (Wildman–Crippen LogP) is 2.67. The van der Waals surface area contributed by atoms with Crippen LogP contribution in [0, 0.1) is 5.82 Å². The molecule has 0 saturated carbocycles. The number of carboxylic acid groups (broad SMARTS) is 1. The van der Waals surface area contributed by atoms with Gasteiger partial charge in [0, 0.05) is 18.0 Å². The summed E-state index contributed by atoms with van der Waals surface area (Å²) < 4.78 is 18.1. The molecule has 0 aliphatic carbocycles. The van der Waals surface area contributed by atoms with Crippen molar-refractivity contribution in [1.82, 2.24) is 4.98 Å². The van der Waals surface area contributed by atoms with Crippen LogP contribution in [-0.4, -0.2) is 23.2 Å². The Morgan fingerprint density at radius 3 is 2.84 bits per heavy atom. The molecule has 19 heavy (non-hydrogen) atoms. The number of carbonyl (C=O) groups is 1. The molecule has 6 heteroatoms. The molecular formula is C13H11FN2O3. The number of benzene rings is 1. The van der Waals surface area contributed by atoms with Crippen molar-refractivity contribution in [3.05, 3.63) is 48.0 Å². The van der Waals surface area contributed by atoms with Crippen LogP contribution in [0.1, 0.15) is 10.5 Å². The molecule has 0 radical (unpaired) electrons. The first-order valence-corrected chi connectivity index (χ1v) is 5.40. The number of hydrogen-bond donors (Lipinski definition) is 2. The largest absolute Gasteiger partial charge is 0.494 e. The molecule has 2 N–H and O–H groups in total. The minimum absolute atomic E-state index is 0.0777. The van der Waals surface area contributed by atoms with Crippen LogP contribution in [0.4, 0.5) is 15.8 Å². The highest BCUT2D eigenvalue weighted by atomic mass is 19.1. The molecule has 2 rings (SSSR count). The standard InChI is InChI=1S/C13H11FN2O3/c1-19-12-6-8(14)2-3-10(12)16-9-4-5-15-11(7-9)13(17)18/h2-7H,1H3,(H,15,16)(H,17,18). The van der Waals surface area contributed by atoms with Gasteiger partial charge >= 0.3 is 5.97 Å². The first-order valence-electron chi connectivity index (χ1n) is 5.40. The fourth-order valence-corrected chi connectivity index (χ4v) is 1.55. The summed E-state index contributed by atoms with van der Waals surface area (Å²) in [5.41, 5.74) is 0.981. The molecule has 0 bridgehead atoms. The van der Waals surface area contributed by atoms with E-state index in [4.69, 9.17) is 9.84 Å². The van der Waals surface area contributed by atoms with E-state index >= 15 is 0 Å². The summed E-state index contributed by atoms with van der Waals surface area (Å²) in [6.07, 6.45) is 1.38. The number of carboxylic acids is 1. The van der Waals surface area contributed by atoms with Crippen molar-refractivity contribution in [2.24, 2.45) is 0 Å². The van der Waals surface area contributed by atoms with Gasteiger partial charge in [-0.25, -0.2) is 14.2 Å². The number of pyridine rings is 1. The van der Waals surface area contributed by atoms with Crippen LogP contribution >= 0.6 is 0 Å². The first kappa shape index (κ1) is 12.8. The number of aromatic carboxylic acids is 1. The van der Waals surface area contributed by atoms with Gasteiger partial charge in [0.1, 0.15) is 17.3 Å². The van der Waals surface area contributed by atoms with E-state index in [1.807, 2.05) is 0 Å². The summed E-state index contributed by atoms with van der Waals surface area (Å²) in [4.78, 5) is 14.5. The van der Waals surface area contributed by atoms with Gasteiger partial charge in [0.2, 0.25) is 0 Å². The molecule has 5 nitrogen and oxygen atoms in total. The van der Waals surface area contributed by atoms with E-state index in [1.54, 1.807) is 6.07 Å². The van der Waals surface area contributed by atoms with Crippen molar-refractivity contribution in [2.45, 2.75) is 0 Å². The van der Waals surface area contributed by atoms with Gasteiger partial charge in [-0.3, -0.25) is 0 Å². The zero-order valence-electron chi connectivity index (χ0n) is 10.1. The number of methoxy groups -OCH3 is 1. The van der Waals surface area contributed by atoms with Crippen molar-refractivity contribution < 1.29 is 19.0 Å². The summed E-state index contributed by atoms with van der Waals surface area (Å²) in [6.45, 7) is 0. The maximum absolute atomic E-state index is 13.0. The molecule has 0 unspecified atom stereocenters. The number of ether oxygens (including phenoxy) is 1. The smallest absolute Gasteiger partial charge is 0.354 e. The molecule has 1 heterocycles. The van der Waals surface area contributed by atoms with Crippen LogP contribution in [0.2, 0.25) is 0 Å². The first-order chi connectivity index (χ1) is 9.10. The normalized spacial score (nSPS) is 10.0. The molecule has 0 spiro atoms. The minimum Gasteiger partial charge on any atom is -0.494 e. The Kier molecular flexibility index (Phi) is 3.61. The monoisotopic (exact) mass is 262 g/mol. The Hall–Kier alpha value is -2.63. The van der Waals surface area contributed by atoms with Crippen LogP contribution in [0.25, 0.3) is 0 Å². The molecule has 98 valence electrons. The number of nitrogens with one attached hydrogen (secondary N) is 1. The van der Waals surface area contributed by atoms with Gasteiger partial charge in [0.05, 0.1) is 12.8 Å². The number of aromatic nitrogens is 1. The second-order valence-corrected chi connectivity index (χ2v) is 3.70. The maximum atomic E-state index is 13.0. The van der Waals surface area contributed by atoms with Gasteiger partial charge in [-0.15, -0.1) is 0 Å². The summed E-state index contributed by atoms with van der Waals surface area (Å²) in [5.74, 6) is -1.20. The Balaban J connectivity index is 2.30. The van der Waals surface area contributed by atoms with Gasteiger partial charge < -0.3 is 15.2 Å². The maximum Gasteiger partial charge on any atom is 0.354 e. The summed E-state index contributed by atoms with van der Waals surface area (Å²) in [5, 5.41) is 11.8. The molecule has 0 saturated heterocycles. The SMILES string of the molecule is COc1cc(F)ccc1Nc1ccnc(C(=O)O)c1. The molecule has 1 aromatic heterocycles. The minimum atomic E-state index is -1.12. The lowest BCUT2D eigenvalue weighted by Gasteiger charge is -2.11. The van der Waals surface area contributed by atoms with Crippen molar-refractivity contribution in [3.63, 3.8) is 0 Å². The van der Waals surface area contributed by atoms with Crippen molar-refractivity contribution in [3.8, 4) is 5.75 Å². The highest BCUT2D eigenvalue weighted by Gasteiger charge is 2.08. The Bertz CT molecular complexity index is 617. The lowest BCUT2D eigenvalue weighted by atomic mass is 10.2. The third-order valence-electron chi connectivity index (χ3n) is 2.42. The summed E-state index contributed by atoms with van der Waals surface area (Å²) >= 11 is 0. The molecule has 0 aliphatic rings. The second-order valence-electron chi connectivity index (χ2n) is 3.70. The van der Waals surface area contributed by atoms with Gasteiger partial charge in [-0.05, 0) is 24.3 Å². The van der Waals surface area contributed by atoms with E-state index in [1.165, 1.54) is 37.6 Å². The number of nitrogens with zero attached hydrogens (tertiary/aromatic N) is 1. The fraction of sp³-hybridized carbons (Fsp3) is 0.0769. The quantitative estimate of drug-likeness (QED) is 0.886. The zero-order valence-corrected chi connectivity index (χ0v) is 10.1. The third kappa shape index (κ3) is 2.98. The molecule has 2 aromatic rings. The van der Waals surface area contributed by atoms with Gasteiger partial charge in [-0.1, -0.05) is 0 Å². The van der Waals surface area contributed by atoms with Crippen LogP contribution in [-0.2, 0) is 0 Å². The fourth-order valence-electron chi connectivity index (χ4n) is 1.55. The van der Waals surface area contributed by atoms with E-state index in [9.17, 15) is 9.18 Å². The van der Waals surface area contributed by atoms with E-state index in [0.717, 1.165) is 0 Å². The van der Waals surface area contributed by atoms with Gasteiger partial charge in [-0.2, -0.15) is 0 Å². The van der Waals surface area contributed by atoms with Crippen LogP contribution in [0.15, 0.2) is 36.5 Å². The molecule has 0 fully saturated rings. The average molecular weight is 262 g/mol. The third-order valence-corrected chi connectivity index (χ3v) is 2.42. The molecule has 0 aliphatic heterocycles.